The van der Waals surface area contributed by atoms with Crippen LogP contribution < -0.4 is 0 Å². The van der Waals surface area contributed by atoms with Gasteiger partial charge in [-0.1, -0.05) is 35.5 Å². The quantitative estimate of drug-likeness (QED) is 0.360. The maximum atomic E-state index is 10.7. The first-order chi connectivity index (χ1) is 7.63. The third-order valence-corrected chi connectivity index (χ3v) is 2.55. The van der Waals surface area contributed by atoms with Crippen molar-refractivity contribution in [1.29, 1.82) is 0 Å². The Labute approximate surface area is 94.3 Å². The maximum absolute atomic E-state index is 10.7. The highest BCUT2D eigenvalue weighted by atomic mass is 31.1. The van der Waals surface area contributed by atoms with Gasteiger partial charge in [0.15, 0.2) is 0 Å². The number of benzene rings is 1. The molecule has 1 aromatic rings. The third kappa shape index (κ3) is 4.14. The van der Waals surface area contributed by atoms with Crippen LogP contribution in [-0.4, -0.2) is 15.8 Å². The van der Waals surface area contributed by atoms with Gasteiger partial charge in [-0.05, 0) is 12.5 Å². The predicted molar refractivity (Wildman–Crippen MR) is 61.0 cm³/mol. The van der Waals surface area contributed by atoms with E-state index in [1.54, 1.807) is 19.1 Å². The monoisotopic (exact) mass is 243 g/mol. The Kier molecular flexibility index (Phi) is 5.19. The number of rotatable bonds is 5. The first-order valence-electron chi connectivity index (χ1n) is 4.75. The Bertz CT molecular complexity index is 380. The van der Waals surface area contributed by atoms with Crippen LogP contribution in [0.1, 0.15) is 25.0 Å². The molecule has 0 saturated heterocycles. The fourth-order valence-electron chi connectivity index (χ4n) is 1.33. The summed E-state index contributed by atoms with van der Waals surface area (Å²) in [5, 5.41) is 11.6. The van der Waals surface area contributed by atoms with Crippen molar-refractivity contribution in [2.24, 2.45) is 5.16 Å². The van der Waals surface area contributed by atoms with E-state index in [9.17, 15) is 4.57 Å². The van der Waals surface area contributed by atoms with Crippen LogP contribution in [0.2, 0.25) is 0 Å². The minimum absolute atomic E-state index is 0.275. The molecule has 6 heteroatoms. The summed E-state index contributed by atoms with van der Waals surface area (Å²) in [7, 11) is -3.02. The van der Waals surface area contributed by atoms with Crippen LogP contribution in [0, 0.1) is 0 Å². The summed E-state index contributed by atoms with van der Waals surface area (Å²) in [6, 6.07) is 9.05. The topological polar surface area (TPSA) is 79.1 Å². The predicted octanol–water partition coefficient (Wildman–Crippen LogP) is 2.37. The highest BCUT2D eigenvalue weighted by Crippen LogP contribution is 2.31. The Morgan fingerprint density at radius 3 is 2.62 bits per heavy atom. The van der Waals surface area contributed by atoms with Gasteiger partial charge < -0.3 is 14.6 Å². The molecule has 88 valence electrons. The van der Waals surface area contributed by atoms with Crippen molar-refractivity contribution in [3.8, 4) is 0 Å². The first-order valence-corrected chi connectivity index (χ1v) is 6.02. The van der Waals surface area contributed by atoms with Crippen LogP contribution in [0.25, 0.3) is 0 Å². The molecule has 2 unspecified atom stereocenters. The molecule has 2 atom stereocenters. The Morgan fingerprint density at radius 1 is 1.50 bits per heavy atom. The van der Waals surface area contributed by atoms with Gasteiger partial charge in [-0.2, -0.15) is 0 Å². The van der Waals surface area contributed by atoms with Crippen LogP contribution in [0.15, 0.2) is 35.5 Å². The van der Waals surface area contributed by atoms with Crippen LogP contribution in [-0.2, 0) is 9.09 Å². The second-order valence-corrected chi connectivity index (χ2v) is 4.09. The minimum atomic E-state index is -3.02. The lowest BCUT2D eigenvalue weighted by Gasteiger charge is -2.15. The van der Waals surface area contributed by atoms with Crippen molar-refractivity contribution >= 4 is 14.0 Å². The van der Waals surface area contributed by atoms with Gasteiger partial charge in [0.25, 0.3) is 0 Å². The van der Waals surface area contributed by atoms with Gasteiger partial charge in [-0.3, -0.25) is 4.57 Å². The highest BCUT2D eigenvalue weighted by molar-refractivity contribution is 7.32. The van der Waals surface area contributed by atoms with Crippen LogP contribution in [0.5, 0.6) is 0 Å². The van der Waals surface area contributed by atoms with E-state index in [-0.39, 0.29) is 6.42 Å². The molecule has 16 heavy (non-hydrogen) atoms. The highest BCUT2D eigenvalue weighted by Gasteiger charge is 2.15. The van der Waals surface area contributed by atoms with E-state index >= 15 is 0 Å². The fourth-order valence-corrected chi connectivity index (χ4v) is 1.79. The summed E-state index contributed by atoms with van der Waals surface area (Å²) < 4.78 is 15.6. The SMILES string of the molecule is CC(CC(O[PH](=O)O)c1ccccc1)=NO. The van der Waals surface area contributed by atoms with E-state index in [1.807, 2.05) is 18.2 Å². The zero-order valence-electron chi connectivity index (χ0n) is 8.83. The molecular weight excluding hydrogens is 229 g/mol. The molecule has 1 rings (SSSR count). The van der Waals surface area contributed by atoms with Crippen molar-refractivity contribution < 1.29 is 19.2 Å². The molecule has 0 amide bonds. The molecule has 0 fully saturated rings. The summed E-state index contributed by atoms with van der Waals surface area (Å²) in [6.07, 6.45) is -0.286. The average molecular weight is 243 g/mol. The standard InChI is InChI=1S/C10H14NO4P/c1-8(11-12)7-10(15-16(13)14)9-5-3-2-4-6-9/h2-6,10,12,16H,7H2,1H3,(H,13,14). The van der Waals surface area contributed by atoms with Crippen molar-refractivity contribution in [2.75, 3.05) is 0 Å². The Morgan fingerprint density at radius 2 is 2.12 bits per heavy atom. The lowest BCUT2D eigenvalue weighted by atomic mass is 10.0. The van der Waals surface area contributed by atoms with Gasteiger partial charge >= 0.3 is 8.25 Å². The van der Waals surface area contributed by atoms with Gasteiger partial charge in [-0.25, -0.2) is 0 Å². The number of oxime groups is 1. The minimum Gasteiger partial charge on any atom is -0.411 e. The molecule has 0 aliphatic rings. The van der Waals surface area contributed by atoms with Crippen LogP contribution >= 0.6 is 8.25 Å². The second-order valence-electron chi connectivity index (χ2n) is 3.32. The normalized spacial score (nSPS) is 15.8. The van der Waals surface area contributed by atoms with Gasteiger partial charge in [0.1, 0.15) is 0 Å². The largest absolute Gasteiger partial charge is 0.411 e. The van der Waals surface area contributed by atoms with E-state index in [0.717, 1.165) is 5.56 Å². The fraction of sp³-hybridized carbons (Fsp3) is 0.300. The smallest absolute Gasteiger partial charge is 0.317 e. The van der Waals surface area contributed by atoms with Gasteiger partial charge in [0.05, 0.1) is 11.8 Å². The molecular formula is C10H14NO4P. The van der Waals surface area contributed by atoms with E-state index in [1.165, 1.54) is 0 Å². The van der Waals surface area contributed by atoms with Gasteiger partial charge in [0.2, 0.25) is 0 Å². The summed E-state index contributed by atoms with van der Waals surface area (Å²) in [4.78, 5) is 8.79. The summed E-state index contributed by atoms with van der Waals surface area (Å²) in [5.74, 6) is 0. The third-order valence-electron chi connectivity index (χ3n) is 2.07. The zero-order chi connectivity index (χ0) is 12.0. The number of hydrogen-bond donors (Lipinski definition) is 2. The van der Waals surface area contributed by atoms with Crippen molar-refractivity contribution in [2.45, 2.75) is 19.4 Å². The summed E-state index contributed by atoms with van der Waals surface area (Å²) in [5.41, 5.74) is 1.22. The van der Waals surface area contributed by atoms with Crippen LogP contribution in [0.4, 0.5) is 0 Å². The Balaban J connectivity index is 2.83. The van der Waals surface area contributed by atoms with Crippen molar-refractivity contribution in [3.63, 3.8) is 0 Å². The van der Waals surface area contributed by atoms with Crippen LogP contribution in [0.3, 0.4) is 0 Å². The molecule has 0 radical (unpaired) electrons. The van der Waals surface area contributed by atoms with Crippen molar-refractivity contribution in [1.82, 2.24) is 0 Å². The Hall–Kier alpha value is -1.16. The van der Waals surface area contributed by atoms with E-state index in [0.29, 0.717) is 5.71 Å². The number of nitrogens with zero attached hydrogens (tertiary/aromatic N) is 1. The lowest BCUT2D eigenvalue weighted by molar-refractivity contribution is 0.196. The van der Waals surface area contributed by atoms with Crippen molar-refractivity contribution in [3.05, 3.63) is 35.9 Å². The number of hydrogen-bond acceptors (Lipinski definition) is 4. The molecule has 0 aliphatic carbocycles. The molecule has 5 nitrogen and oxygen atoms in total. The summed E-state index contributed by atoms with van der Waals surface area (Å²) >= 11 is 0. The molecule has 0 aliphatic heterocycles. The molecule has 0 saturated carbocycles. The molecule has 1 aromatic carbocycles. The van der Waals surface area contributed by atoms with E-state index in [2.05, 4.69) is 5.16 Å². The molecule has 0 bridgehead atoms. The molecule has 0 spiro atoms. The van der Waals surface area contributed by atoms with E-state index in [4.69, 9.17) is 14.6 Å². The van der Waals surface area contributed by atoms with Gasteiger partial charge in [-0.15, -0.1) is 0 Å². The second kappa shape index (κ2) is 6.43. The maximum Gasteiger partial charge on any atom is 0.317 e. The van der Waals surface area contributed by atoms with E-state index < -0.39 is 14.4 Å². The summed E-state index contributed by atoms with van der Waals surface area (Å²) in [6.45, 7) is 1.62. The lowest BCUT2D eigenvalue weighted by Crippen LogP contribution is -2.05. The zero-order valence-corrected chi connectivity index (χ0v) is 9.83. The molecule has 0 heterocycles. The first kappa shape index (κ1) is 12.9. The molecule has 0 aromatic heterocycles. The molecule has 2 N–H and O–H groups in total. The average Bonchev–Trinajstić information content (AvgIpc) is 2.28. The van der Waals surface area contributed by atoms with Gasteiger partial charge in [0, 0.05) is 6.42 Å².